The fraction of sp³-hybridized carbons (Fsp3) is 0.750. The van der Waals surface area contributed by atoms with E-state index in [1.807, 2.05) is 6.20 Å². The topological polar surface area (TPSA) is 62.5 Å². The van der Waals surface area contributed by atoms with Gasteiger partial charge in [-0.3, -0.25) is 4.99 Å². The van der Waals surface area contributed by atoms with Crippen molar-refractivity contribution >= 4 is 29.9 Å². The maximum absolute atomic E-state index is 5.77. The quantitative estimate of drug-likeness (QED) is 0.435. The molecule has 6 heteroatoms. The molecule has 126 valence electrons. The molecule has 1 fully saturated rings. The van der Waals surface area contributed by atoms with E-state index in [2.05, 4.69) is 48.3 Å². The third-order valence-corrected chi connectivity index (χ3v) is 3.83. The van der Waals surface area contributed by atoms with Gasteiger partial charge in [-0.2, -0.15) is 0 Å². The van der Waals surface area contributed by atoms with E-state index in [1.54, 1.807) is 7.05 Å². The third-order valence-electron chi connectivity index (χ3n) is 3.83. The van der Waals surface area contributed by atoms with Crippen molar-refractivity contribution in [3.63, 3.8) is 0 Å². The summed E-state index contributed by atoms with van der Waals surface area (Å²) in [5.41, 5.74) is -0.00738. The van der Waals surface area contributed by atoms with Crippen molar-refractivity contribution in [1.82, 2.24) is 15.6 Å². The van der Waals surface area contributed by atoms with E-state index in [-0.39, 0.29) is 29.4 Å². The minimum atomic E-state index is -0.00738. The molecule has 0 amide bonds. The highest BCUT2D eigenvalue weighted by atomic mass is 127. The summed E-state index contributed by atoms with van der Waals surface area (Å²) in [4.78, 5) is 8.57. The largest absolute Gasteiger partial charge is 0.443 e. The van der Waals surface area contributed by atoms with Gasteiger partial charge in [-0.15, -0.1) is 24.0 Å². The average molecular weight is 420 g/mol. The fourth-order valence-corrected chi connectivity index (χ4v) is 2.38. The fourth-order valence-electron chi connectivity index (χ4n) is 2.38. The molecule has 1 aliphatic carbocycles. The molecule has 5 nitrogen and oxygen atoms in total. The van der Waals surface area contributed by atoms with Gasteiger partial charge >= 0.3 is 0 Å². The van der Waals surface area contributed by atoms with Gasteiger partial charge in [-0.1, -0.05) is 34.1 Å². The van der Waals surface area contributed by atoms with Crippen LogP contribution in [0.25, 0.3) is 0 Å². The van der Waals surface area contributed by atoms with Crippen LogP contribution in [0.2, 0.25) is 0 Å². The van der Waals surface area contributed by atoms with Crippen molar-refractivity contribution in [3.05, 3.63) is 17.8 Å². The van der Waals surface area contributed by atoms with Crippen LogP contribution in [0.1, 0.15) is 58.6 Å². The lowest BCUT2D eigenvalue weighted by atomic mass is 9.94. The number of aromatic nitrogens is 1. The molecule has 0 spiro atoms. The Morgan fingerprint density at radius 1 is 1.45 bits per heavy atom. The summed E-state index contributed by atoms with van der Waals surface area (Å²) < 4.78 is 5.77. The second-order valence-electron chi connectivity index (χ2n) is 6.83. The molecule has 1 aromatic rings. The van der Waals surface area contributed by atoms with E-state index in [4.69, 9.17) is 4.42 Å². The standard InChI is InChI=1S/C16H28N4O.HI/c1-6-7-11-8-12(11)20-15(17-5)19-10-14-18-9-13(21-14)16(2,3)4;/h9,11-12H,6-8,10H2,1-5H3,(H2,17,19,20);1H. The number of halogens is 1. The van der Waals surface area contributed by atoms with Gasteiger partial charge in [0.15, 0.2) is 5.96 Å². The predicted octanol–water partition coefficient (Wildman–Crippen LogP) is 3.44. The van der Waals surface area contributed by atoms with Gasteiger partial charge < -0.3 is 15.1 Å². The van der Waals surface area contributed by atoms with Crippen molar-refractivity contribution in [1.29, 1.82) is 0 Å². The van der Waals surface area contributed by atoms with E-state index < -0.39 is 0 Å². The lowest BCUT2D eigenvalue weighted by molar-refractivity contribution is 0.379. The molecular weight excluding hydrogens is 391 g/mol. The molecule has 1 aliphatic rings. The van der Waals surface area contributed by atoms with Crippen LogP contribution in [0.3, 0.4) is 0 Å². The van der Waals surface area contributed by atoms with Crippen LogP contribution in [0, 0.1) is 5.92 Å². The molecule has 2 unspecified atom stereocenters. The van der Waals surface area contributed by atoms with E-state index in [0.717, 1.165) is 17.6 Å². The minimum Gasteiger partial charge on any atom is -0.443 e. The first-order valence-electron chi connectivity index (χ1n) is 7.86. The Labute approximate surface area is 150 Å². The Balaban J connectivity index is 0.00000242. The number of guanidine groups is 1. The molecular formula is C16H29IN4O. The third kappa shape index (κ3) is 5.44. The number of rotatable bonds is 5. The summed E-state index contributed by atoms with van der Waals surface area (Å²) in [5.74, 6) is 3.24. The van der Waals surface area contributed by atoms with Crippen LogP contribution in [-0.4, -0.2) is 24.0 Å². The summed E-state index contributed by atoms with van der Waals surface area (Å²) >= 11 is 0. The maximum atomic E-state index is 5.77. The lowest BCUT2D eigenvalue weighted by Gasteiger charge is -2.13. The van der Waals surface area contributed by atoms with Gasteiger partial charge in [0, 0.05) is 18.5 Å². The van der Waals surface area contributed by atoms with Gasteiger partial charge in [0.2, 0.25) is 5.89 Å². The van der Waals surface area contributed by atoms with Gasteiger partial charge in [0.25, 0.3) is 0 Å². The number of aliphatic imine (C=N–C) groups is 1. The van der Waals surface area contributed by atoms with Crippen molar-refractivity contribution in [2.75, 3.05) is 7.05 Å². The summed E-state index contributed by atoms with van der Waals surface area (Å²) in [5, 5.41) is 6.72. The van der Waals surface area contributed by atoms with Crippen LogP contribution in [0.15, 0.2) is 15.6 Å². The summed E-state index contributed by atoms with van der Waals surface area (Å²) in [6.45, 7) is 9.14. The molecule has 0 bridgehead atoms. The average Bonchev–Trinajstić information content (AvgIpc) is 2.96. The number of nitrogens with one attached hydrogen (secondary N) is 2. The highest BCUT2D eigenvalue weighted by molar-refractivity contribution is 14.0. The van der Waals surface area contributed by atoms with E-state index in [9.17, 15) is 0 Å². The highest BCUT2D eigenvalue weighted by Crippen LogP contribution is 2.34. The van der Waals surface area contributed by atoms with Gasteiger partial charge in [0.1, 0.15) is 5.76 Å². The Bertz CT molecular complexity index is 493. The SMILES string of the molecule is CCCC1CC1NC(=NC)NCc1ncc(C(C)(C)C)o1.I. The number of oxazole rings is 1. The van der Waals surface area contributed by atoms with E-state index in [1.165, 1.54) is 19.3 Å². The number of hydrogen-bond donors (Lipinski definition) is 2. The second-order valence-corrected chi connectivity index (χ2v) is 6.83. The molecule has 2 rings (SSSR count). The molecule has 2 atom stereocenters. The molecule has 0 saturated heterocycles. The molecule has 1 aromatic heterocycles. The zero-order valence-corrected chi connectivity index (χ0v) is 16.6. The molecule has 0 radical (unpaired) electrons. The Kier molecular flexibility index (Phi) is 7.15. The van der Waals surface area contributed by atoms with Crippen molar-refractivity contribution < 1.29 is 4.42 Å². The zero-order chi connectivity index (χ0) is 15.5. The number of nitrogens with zero attached hydrogens (tertiary/aromatic N) is 2. The maximum Gasteiger partial charge on any atom is 0.213 e. The van der Waals surface area contributed by atoms with Crippen LogP contribution in [-0.2, 0) is 12.0 Å². The van der Waals surface area contributed by atoms with Gasteiger partial charge in [0.05, 0.1) is 12.7 Å². The van der Waals surface area contributed by atoms with E-state index >= 15 is 0 Å². The Hall–Kier alpha value is -0.790. The van der Waals surface area contributed by atoms with Gasteiger partial charge in [-0.05, 0) is 18.8 Å². The zero-order valence-electron chi connectivity index (χ0n) is 14.3. The van der Waals surface area contributed by atoms with Gasteiger partial charge in [-0.25, -0.2) is 4.98 Å². The summed E-state index contributed by atoms with van der Waals surface area (Å²) in [6, 6.07) is 0.575. The van der Waals surface area contributed by atoms with Crippen molar-refractivity contribution in [3.8, 4) is 0 Å². The number of hydrogen-bond acceptors (Lipinski definition) is 3. The first-order valence-corrected chi connectivity index (χ1v) is 7.86. The predicted molar refractivity (Wildman–Crippen MR) is 101 cm³/mol. The monoisotopic (exact) mass is 420 g/mol. The first kappa shape index (κ1) is 19.3. The molecule has 1 saturated carbocycles. The summed E-state index contributed by atoms with van der Waals surface area (Å²) in [7, 11) is 1.79. The summed E-state index contributed by atoms with van der Waals surface area (Å²) in [6.07, 6.45) is 5.61. The van der Waals surface area contributed by atoms with Crippen LogP contribution < -0.4 is 10.6 Å². The first-order chi connectivity index (χ1) is 9.94. The second kappa shape index (κ2) is 8.17. The Morgan fingerprint density at radius 3 is 2.73 bits per heavy atom. The Morgan fingerprint density at radius 2 is 2.18 bits per heavy atom. The molecule has 0 aliphatic heterocycles. The van der Waals surface area contributed by atoms with Crippen LogP contribution in [0.5, 0.6) is 0 Å². The smallest absolute Gasteiger partial charge is 0.213 e. The minimum absolute atomic E-state index is 0. The molecule has 22 heavy (non-hydrogen) atoms. The van der Waals surface area contributed by atoms with E-state index in [0.29, 0.717) is 18.5 Å². The molecule has 1 heterocycles. The van der Waals surface area contributed by atoms with Crippen molar-refractivity contribution in [2.24, 2.45) is 10.9 Å². The van der Waals surface area contributed by atoms with Crippen molar-refractivity contribution in [2.45, 2.75) is 65.0 Å². The van der Waals surface area contributed by atoms with Crippen LogP contribution in [0.4, 0.5) is 0 Å². The normalized spacial score (nSPS) is 21.2. The van der Waals surface area contributed by atoms with Crippen LogP contribution >= 0.6 is 24.0 Å². The molecule has 2 N–H and O–H groups in total. The lowest BCUT2D eigenvalue weighted by Crippen LogP contribution is -2.38. The highest BCUT2D eigenvalue weighted by Gasteiger charge is 2.36. The molecule has 0 aromatic carbocycles.